The van der Waals surface area contributed by atoms with Crippen LogP contribution in [0.5, 0.6) is 11.5 Å². The SMILES string of the molecule is CCCCCCCCCCCC(=O)N(CCC)CC(=O)N(Cc1ccc2c(c1)OCO2)Cc1ccco1. The fourth-order valence-electron chi connectivity index (χ4n) is 4.65. The van der Waals surface area contributed by atoms with Gasteiger partial charge in [-0.1, -0.05) is 71.3 Å². The Labute approximate surface area is 222 Å². The summed E-state index contributed by atoms with van der Waals surface area (Å²) in [5.41, 5.74) is 0.937. The van der Waals surface area contributed by atoms with Crippen LogP contribution in [0.2, 0.25) is 0 Å². The van der Waals surface area contributed by atoms with Crippen molar-refractivity contribution in [3.05, 3.63) is 47.9 Å². The first-order chi connectivity index (χ1) is 18.1. The summed E-state index contributed by atoms with van der Waals surface area (Å²) in [6.07, 6.45) is 13.9. The highest BCUT2D eigenvalue weighted by molar-refractivity contribution is 5.84. The fourth-order valence-corrected chi connectivity index (χ4v) is 4.65. The van der Waals surface area contributed by atoms with Crippen LogP contribution in [0.1, 0.15) is 95.8 Å². The van der Waals surface area contributed by atoms with Gasteiger partial charge < -0.3 is 23.7 Å². The average Bonchev–Trinajstić information content (AvgIpc) is 3.58. The summed E-state index contributed by atoms with van der Waals surface area (Å²) in [7, 11) is 0. The number of amides is 2. The molecule has 0 radical (unpaired) electrons. The van der Waals surface area contributed by atoms with E-state index in [1.807, 2.05) is 37.3 Å². The molecule has 7 nitrogen and oxygen atoms in total. The molecule has 1 aromatic carbocycles. The molecule has 0 unspecified atom stereocenters. The number of ether oxygens (including phenoxy) is 2. The Morgan fingerprint density at radius 3 is 2.22 bits per heavy atom. The maximum atomic E-state index is 13.5. The van der Waals surface area contributed by atoms with Crippen molar-refractivity contribution < 1.29 is 23.5 Å². The zero-order chi connectivity index (χ0) is 26.3. The lowest BCUT2D eigenvalue weighted by molar-refractivity contribution is -0.141. The second-order valence-electron chi connectivity index (χ2n) is 9.91. The molecule has 2 heterocycles. The van der Waals surface area contributed by atoms with Gasteiger partial charge in [0.05, 0.1) is 19.4 Å². The van der Waals surface area contributed by atoms with Gasteiger partial charge in [-0.15, -0.1) is 0 Å². The molecular formula is C30H44N2O5. The van der Waals surface area contributed by atoms with Crippen LogP contribution in [-0.2, 0) is 22.7 Å². The van der Waals surface area contributed by atoms with E-state index in [4.69, 9.17) is 13.9 Å². The Bertz CT molecular complexity index is 943. The third-order valence-corrected chi connectivity index (χ3v) is 6.76. The van der Waals surface area contributed by atoms with Gasteiger partial charge in [0.15, 0.2) is 11.5 Å². The lowest BCUT2D eigenvalue weighted by Gasteiger charge is -2.27. The van der Waals surface area contributed by atoms with Crippen molar-refractivity contribution in [2.75, 3.05) is 19.9 Å². The summed E-state index contributed by atoms with van der Waals surface area (Å²) in [5, 5.41) is 0. The molecule has 0 aliphatic carbocycles. The van der Waals surface area contributed by atoms with Crippen LogP contribution in [-0.4, -0.2) is 41.5 Å². The number of fused-ring (bicyclic) bond motifs is 1. The summed E-state index contributed by atoms with van der Waals surface area (Å²) < 4.78 is 16.4. The van der Waals surface area contributed by atoms with Crippen LogP contribution in [0.4, 0.5) is 0 Å². The summed E-state index contributed by atoms with van der Waals surface area (Å²) in [5.74, 6) is 2.08. The molecule has 0 bridgehead atoms. The molecule has 0 saturated carbocycles. The van der Waals surface area contributed by atoms with Crippen LogP contribution in [0.15, 0.2) is 41.0 Å². The number of benzene rings is 1. The van der Waals surface area contributed by atoms with Gasteiger partial charge in [-0.25, -0.2) is 0 Å². The van der Waals surface area contributed by atoms with Crippen LogP contribution < -0.4 is 9.47 Å². The molecule has 1 aliphatic heterocycles. The van der Waals surface area contributed by atoms with E-state index in [1.165, 1.54) is 44.9 Å². The number of rotatable bonds is 18. The summed E-state index contributed by atoms with van der Waals surface area (Å²) >= 11 is 0. The Morgan fingerprint density at radius 1 is 0.784 bits per heavy atom. The summed E-state index contributed by atoms with van der Waals surface area (Å²) in [4.78, 5) is 29.9. The maximum Gasteiger partial charge on any atom is 0.242 e. The fraction of sp³-hybridized carbons (Fsp3) is 0.600. The van der Waals surface area contributed by atoms with E-state index < -0.39 is 0 Å². The number of carbonyl (C=O) groups is 2. The number of furan rings is 1. The molecule has 37 heavy (non-hydrogen) atoms. The van der Waals surface area contributed by atoms with Gasteiger partial charge in [0, 0.05) is 19.5 Å². The second kappa shape index (κ2) is 16.0. The number of hydrogen-bond acceptors (Lipinski definition) is 5. The van der Waals surface area contributed by atoms with E-state index in [1.54, 1.807) is 16.1 Å². The molecule has 3 rings (SSSR count). The number of nitrogens with zero attached hydrogens (tertiary/aromatic N) is 2. The third kappa shape index (κ3) is 9.78. The lowest BCUT2D eigenvalue weighted by Crippen LogP contribution is -2.42. The van der Waals surface area contributed by atoms with E-state index >= 15 is 0 Å². The normalized spacial score (nSPS) is 12.1. The van der Waals surface area contributed by atoms with Crippen molar-refractivity contribution in [1.29, 1.82) is 0 Å². The van der Waals surface area contributed by atoms with Crippen molar-refractivity contribution in [3.8, 4) is 11.5 Å². The van der Waals surface area contributed by atoms with Gasteiger partial charge in [0.2, 0.25) is 18.6 Å². The van der Waals surface area contributed by atoms with Gasteiger partial charge in [0.1, 0.15) is 5.76 Å². The topological polar surface area (TPSA) is 72.2 Å². The predicted octanol–water partition coefficient (Wildman–Crippen LogP) is 6.70. The molecule has 0 N–H and O–H groups in total. The minimum atomic E-state index is -0.0945. The molecule has 7 heteroatoms. The van der Waals surface area contributed by atoms with Crippen molar-refractivity contribution in [3.63, 3.8) is 0 Å². The van der Waals surface area contributed by atoms with Crippen LogP contribution in [0.3, 0.4) is 0 Å². The molecule has 204 valence electrons. The van der Waals surface area contributed by atoms with Crippen molar-refractivity contribution in [1.82, 2.24) is 9.80 Å². The first-order valence-electron chi connectivity index (χ1n) is 14.1. The van der Waals surface area contributed by atoms with Gasteiger partial charge in [-0.2, -0.15) is 0 Å². The third-order valence-electron chi connectivity index (χ3n) is 6.76. The number of unbranched alkanes of at least 4 members (excludes halogenated alkanes) is 8. The van der Waals surface area contributed by atoms with Gasteiger partial charge in [0.25, 0.3) is 0 Å². The van der Waals surface area contributed by atoms with Gasteiger partial charge in [-0.05, 0) is 42.7 Å². The van der Waals surface area contributed by atoms with E-state index in [0.29, 0.717) is 43.3 Å². The smallest absolute Gasteiger partial charge is 0.242 e. The highest BCUT2D eigenvalue weighted by Gasteiger charge is 2.23. The summed E-state index contributed by atoms with van der Waals surface area (Å²) in [6.45, 7) is 5.88. The molecule has 1 aromatic heterocycles. The summed E-state index contributed by atoms with van der Waals surface area (Å²) in [6, 6.07) is 9.39. The quantitative estimate of drug-likeness (QED) is 0.208. The minimum Gasteiger partial charge on any atom is -0.467 e. The lowest BCUT2D eigenvalue weighted by atomic mass is 10.1. The average molecular weight is 513 g/mol. The van der Waals surface area contributed by atoms with Crippen LogP contribution >= 0.6 is 0 Å². The Kier molecular flexibility index (Phi) is 12.4. The van der Waals surface area contributed by atoms with E-state index in [9.17, 15) is 9.59 Å². The zero-order valence-corrected chi connectivity index (χ0v) is 22.7. The molecule has 0 atom stereocenters. The molecule has 2 aromatic rings. The van der Waals surface area contributed by atoms with Crippen LogP contribution in [0, 0.1) is 0 Å². The molecule has 2 amide bonds. The van der Waals surface area contributed by atoms with E-state index in [-0.39, 0.29) is 25.2 Å². The molecule has 0 fully saturated rings. The van der Waals surface area contributed by atoms with Crippen molar-refractivity contribution >= 4 is 11.8 Å². The van der Waals surface area contributed by atoms with Gasteiger partial charge in [-0.3, -0.25) is 9.59 Å². The van der Waals surface area contributed by atoms with Crippen molar-refractivity contribution in [2.24, 2.45) is 0 Å². The standard InChI is InChI=1S/C30H44N2O5/c1-3-5-6-7-8-9-10-11-12-15-29(33)31(18-4-2)23-30(34)32(22-26-14-13-19-35-26)21-25-16-17-27-28(20-25)37-24-36-27/h13-14,16-17,19-20H,3-12,15,18,21-24H2,1-2H3. The molecule has 0 saturated heterocycles. The molecule has 0 spiro atoms. The van der Waals surface area contributed by atoms with E-state index in [2.05, 4.69) is 6.92 Å². The number of carbonyl (C=O) groups excluding carboxylic acids is 2. The second-order valence-corrected chi connectivity index (χ2v) is 9.91. The monoisotopic (exact) mass is 512 g/mol. The Balaban J connectivity index is 1.52. The Morgan fingerprint density at radius 2 is 1.51 bits per heavy atom. The highest BCUT2D eigenvalue weighted by Crippen LogP contribution is 2.33. The minimum absolute atomic E-state index is 0.0687. The first kappa shape index (κ1) is 28.6. The number of hydrogen-bond donors (Lipinski definition) is 0. The zero-order valence-electron chi connectivity index (χ0n) is 22.7. The van der Waals surface area contributed by atoms with E-state index in [0.717, 1.165) is 24.8 Å². The van der Waals surface area contributed by atoms with Crippen molar-refractivity contribution in [2.45, 2.75) is 97.6 Å². The first-order valence-corrected chi connectivity index (χ1v) is 14.1. The highest BCUT2D eigenvalue weighted by atomic mass is 16.7. The Hall–Kier alpha value is -2.96. The van der Waals surface area contributed by atoms with Gasteiger partial charge >= 0.3 is 0 Å². The largest absolute Gasteiger partial charge is 0.467 e. The molecular weight excluding hydrogens is 468 g/mol. The van der Waals surface area contributed by atoms with Crippen LogP contribution in [0.25, 0.3) is 0 Å². The predicted molar refractivity (Wildman–Crippen MR) is 144 cm³/mol. The maximum absolute atomic E-state index is 13.5. The molecule has 1 aliphatic rings.